The molecule has 1 fully saturated rings. The van der Waals surface area contributed by atoms with Gasteiger partial charge >= 0.3 is 0 Å². The van der Waals surface area contributed by atoms with Crippen molar-refractivity contribution in [2.75, 3.05) is 32.5 Å². The minimum Gasteiger partial charge on any atom is -0.492 e. The van der Waals surface area contributed by atoms with Gasteiger partial charge in [-0.3, -0.25) is 19.7 Å². The van der Waals surface area contributed by atoms with Gasteiger partial charge in [-0.25, -0.2) is 0 Å². The number of imide groups is 1. The monoisotopic (exact) mass is 884 g/mol. The molecule has 0 bridgehead atoms. The Morgan fingerprint density at radius 3 is 1.81 bits per heavy atom. The summed E-state index contributed by atoms with van der Waals surface area (Å²) in [6, 6.07) is 35.5. The summed E-state index contributed by atoms with van der Waals surface area (Å²) >= 11 is 1.83. The molecule has 0 aromatic heterocycles. The molecule has 1 N–H and O–H groups in total. The Hall–Kier alpha value is -4.66. The third kappa shape index (κ3) is 14.9. The molecule has 2 heterocycles. The van der Waals surface area contributed by atoms with Crippen LogP contribution in [0, 0.1) is 0 Å². The molecule has 1 atom stereocenters. The van der Waals surface area contributed by atoms with Crippen molar-refractivity contribution in [1.82, 2.24) is 15.1 Å². The maximum atomic E-state index is 13.1. The predicted octanol–water partition coefficient (Wildman–Crippen LogP) is 13.2. The SMILES string of the molecule is CCC(=C(c1ccccc1)c1ccc(OCCN(C)CCCCCCCCCCCCCCCCCCSc2cccc3c2CN(C2CCC(=O)NC2=O)C3=O)cc1)c1ccccc1. The number of likely N-dealkylation sites (N-methyl/N-ethyl adjacent to an activating group) is 1. The van der Waals surface area contributed by atoms with Crippen molar-refractivity contribution in [1.29, 1.82) is 0 Å². The molecule has 1 saturated heterocycles. The van der Waals surface area contributed by atoms with Crippen molar-refractivity contribution in [3.63, 3.8) is 0 Å². The number of carbonyl (C=O) groups excluding carboxylic acids is 3. The van der Waals surface area contributed by atoms with Crippen molar-refractivity contribution in [3.05, 3.63) is 131 Å². The van der Waals surface area contributed by atoms with Crippen LogP contribution in [0.2, 0.25) is 0 Å². The number of allylic oxidation sites excluding steroid dienone is 1. The number of thioether (sulfide) groups is 1. The summed E-state index contributed by atoms with van der Waals surface area (Å²) in [6.45, 7) is 5.45. The fraction of sp³-hybridized carbons (Fsp3) is 0.482. The van der Waals surface area contributed by atoms with Gasteiger partial charge in [0, 0.05) is 30.0 Å². The topological polar surface area (TPSA) is 79.0 Å². The lowest BCUT2D eigenvalue weighted by Crippen LogP contribution is -2.52. The molecule has 64 heavy (non-hydrogen) atoms. The predicted molar refractivity (Wildman–Crippen MR) is 266 cm³/mol. The van der Waals surface area contributed by atoms with Crippen molar-refractivity contribution < 1.29 is 19.1 Å². The lowest BCUT2D eigenvalue weighted by atomic mass is 9.88. The molecule has 8 heteroatoms. The highest BCUT2D eigenvalue weighted by molar-refractivity contribution is 7.99. The largest absolute Gasteiger partial charge is 0.492 e. The first-order valence-corrected chi connectivity index (χ1v) is 25.6. The van der Waals surface area contributed by atoms with Crippen LogP contribution in [0.3, 0.4) is 0 Å². The molecular weight excluding hydrogens is 811 g/mol. The quantitative estimate of drug-likeness (QED) is 0.0253. The smallest absolute Gasteiger partial charge is 0.255 e. The molecule has 0 spiro atoms. The van der Waals surface area contributed by atoms with Crippen molar-refractivity contribution >= 4 is 40.6 Å². The van der Waals surface area contributed by atoms with Crippen molar-refractivity contribution in [3.8, 4) is 5.75 Å². The number of hydrogen-bond acceptors (Lipinski definition) is 6. The molecule has 1 unspecified atom stereocenters. The van der Waals surface area contributed by atoms with Crippen molar-refractivity contribution in [2.24, 2.45) is 0 Å². The molecule has 7 nitrogen and oxygen atoms in total. The second kappa shape index (κ2) is 27.0. The first-order valence-electron chi connectivity index (χ1n) is 24.6. The second-order valence-corrected chi connectivity index (χ2v) is 18.9. The molecular formula is C56H73N3O4S. The number of hydrogen-bond donors (Lipinski definition) is 1. The van der Waals surface area contributed by atoms with Crippen LogP contribution in [0.15, 0.2) is 108 Å². The van der Waals surface area contributed by atoms with Crippen LogP contribution < -0.4 is 10.1 Å². The molecule has 6 rings (SSSR count). The Kier molecular flexibility index (Phi) is 20.6. The fourth-order valence-electron chi connectivity index (χ4n) is 9.27. The highest BCUT2D eigenvalue weighted by Gasteiger charge is 2.39. The van der Waals surface area contributed by atoms with E-state index in [-0.39, 0.29) is 24.1 Å². The zero-order valence-corrected chi connectivity index (χ0v) is 39.6. The zero-order chi connectivity index (χ0) is 44.8. The zero-order valence-electron chi connectivity index (χ0n) is 38.8. The molecule has 3 amide bonds. The summed E-state index contributed by atoms with van der Waals surface area (Å²) in [7, 11) is 2.21. The number of benzene rings is 4. The maximum Gasteiger partial charge on any atom is 0.255 e. The van der Waals surface area contributed by atoms with Gasteiger partial charge in [-0.1, -0.05) is 176 Å². The number of unbranched alkanes of at least 4 members (excludes halogenated alkanes) is 15. The average molecular weight is 884 g/mol. The second-order valence-electron chi connectivity index (χ2n) is 17.8. The van der Waals surface area contributed by atoms with Crippen LogP contribution in [0.4, 0.5) is 0 Å². The van der Waals surface area contributed by atoms with E-state index in [0.717, 1.165) is 41.5 Å². The van der Waals surface area contributed by atoms with Crippen LogP contribution in [-0.4, -0.2) is 66.1 Å². The number of carbonyl (C=O) groups is 3. The Morgan fingerprint density at radius 2 is 1.22 bits per heavy atom. The van der Waals surface area contributed by atoms with E-state index in [0.29, 0.717) is 25.1 Å². The van der Waals surface area contributed by atoms with E-state index in [1.54, 1.807) is 4.90 Å². The van der Waals surface area contributed by atoms with Gasteiger partial charge in [-0.15, -0.1) is 11.8 Å². The van der Waals surface area contributed by atoms with E-state index in [1.807, 2.05) is 23.9 Å². The Morgan fingerprint density at radius 1 is 0.656 bits per heavy atom. The summed E-state index contributed by atoms with van der Waals surface area (Å²) in [5.41, 5.74) is 8.10. The average Bonchev–Trinajstić information content (AvgIpc) is 3.65. The highest BCUT2D eigenvalue weighted by atomic mass is 32.2. The van der Waals surface area contributed by atoms with E-state index in [4.69, 9.17) is 4.74 Å². The number of fused-ring (bicyclic) bond motifs is 1. The van der Waals surface area contributed by atoms with Crippen LogP contribution in [0.5, 0.6) is 5.75 Å². The van der Waals surface area contributed by atoms with Gasteiger partial charge in [0.25, 0.3) is 5.91 Å². The van der Waals surface area contributed by atoms with Gasteiger partial charge in [-0.2, -0.15) is 0 Å². The summed E-state index contributed by atoms with van der Waals surface area (Å²) in [6.07, 6.45) is 22.9. The van der Waals surface area contributed by atoms with Crippen LogP contribution in [-0.2, 0) is 16.1 Å². The Labute approximate surface area is 388 Å². The maximum absolute atomic E-state index is 13.1. The van der Waals surface area contributed by atoms with Gasteiger partial charge in [0.1, 0.15) is 18.4 Å². The number of ether oxygens (including phenoxy) is 1. The number of nitrogens with zero attached hydrogens (tertiary/aromatic N) is 2. The summed E-state index contributed by atoms with van der Waals surface area (Å²) in [4.78, 5) is 42.3. The first kappa shape index (κ1) is 48.8. The van der Waals surface area contributed by atoms with Crippen LogP contribution in [0.25, 0.3) is 11.1 Å². The molecule has 0 radical (unpaired) electrons. The van der Waals surface area contributed by atoms with Gasteiger partial charge in [0.2, 0.25) is 11.8 Å². The van der Waals surface area contributed by atoms with E-state index < -0.39 is 6.04 Å². The summed E-state index contributed by atoms with van der Waals surface area (Å²) < 4.78 is 6.19. The lowest BCUT2D eigenvalue weighted by molar-refractivity contribution is -0.136. The van der Waals surface area contributed by atoms with E-state index in [2.05, 4.69) is 115 Å². The van der Waals surface area contributed by atoms with E-state index in [9.17, 15) is 14.4 Å². The molecule has 0 saturated carbocycles. The Balaban J connectivity index is 0.722. The minimum absolute atomic E-state index is 0.0951. The molecule has 0 aliphatic carbocycles. The van der Waals surface area contributed by atoms with Crippen molar-refractivity contribution in [2.45, 2.75) is 146 Å². The normalized spacial score (nSPS) is 15.4. The molecule has 2 aliphatic rings. The summed E-state index contributed by atoms with van der Waals surface area (Å²) in [5.74, 6) is 1.26. The number of nitrogens with one attached hydrogen (secondary N) is 1. The Bertz CT molecular complexity index is 2070. The standard InChI is InChI=1S/C56H73N3O4S/c1-3-48(44-27-20-18-21-28-44)54(45-29-22-19-23-30-45)46-33-35-47(36-34-46)63-41-40-58(2)39-24-16-14-12-10-8-6-4-5-7-9-11-13-15-17-25-42-64-52-32-26-31-49-50(52)43-59(56(49)62)51-37-38-53(60)57-55(51)61/h18-23,26-36,51H,3-17,24-25,37-43H2,1-2H3,(H,57,60,61). The molecule has 4 aromatic rings. The molecule has 2 aliphatic heterocycles. The third-order valence-corrected chi connectivity index (χ3v) is 14.1. The lowest BCUT2D eigenvalue weighted by Gasteiger charge is -2.29. The number of piperidine rings is 1. The third-order valence-electron chi connectivity index (χ3n) is 13.0. The van der Waals surface area contributed by atoms with Gasteiger partial charge in [-0.05, 0) is 103 Å². The van der Waals surface area contributed by atoms with Gasteiger partial charge < -0.3 is 14.5 Å². The van der Waals surface area contributed by atoms with Gasteiger partial charge in [0.05, 0.1) is 0 Å². The molecule has 4 aromatic carbocycles. The highest BCUT2D eigenvalue weighted by Crippen LogP contribution is 2.36. The number of rotatable bonds is 29. The van der Waals surface area contributed by atoms with Crippen LogP contribution in [0.1, 0.15) is 162 Å². The number of amides is 3. The van der Waals surface area contributed by atoms with E-state index in [1.165, 1.54) is 131 Å². The molecule has 342 valence electrons. The van der Waals surface area contributed by atoms with Crippen LogP contribution >= 0.6 is 11.8 Å². The van der Waals surface area contributed by atoms with Gasteiger partial charge in [0.15, 0.2) is 0 Å². The summed E-state index contributed by atoms with van der Waals surface area (Å²) in [5, 5.41) is 2.39. The fourth-order valence-corrected chi connectivity index (χ4v) is 10.4. The minimum atomic E-state index is -0.560. The van der Waals surface area contributed by atoms with E-state index >= 15 is 0 Å². The first-order chi connectivity index (χ1) is 31.4.